The van der Waals surface area contributed by atoms with Crippen molar-refractivity contribution >= 4 is 11.6 Å². The molecule has 1 saturated heterocycles. The molecule has 1 aromatic carbocycles. The summed E-state index contributed by atoms with van der Waals surface area (Å²) in [5, 5.41) is 10.2. The smallest absolute Gasteiger partial charge is 0.141 e. The number of hydrogen-bond acceptors (Lipinski definition) is 2. The number of halogens is 2. The average molecular weight is 259 g/mol. The van der Waals surface area contributed by atoms with Crippen molar-refractivity contribution in [1.29, 1.82) is 0 Å². The summed E-state index contributed by atoms with van der Waals surface area (Å²) < 4.78 is 18.4. The molecule has 0 amide bonds. The van der Waals surface area contributed by atoms with Crippen molar-refractivity contribution in [3.05, 3.63) is 34.6 Å². The fourth-order valence-electron chi connectivity index (χ4n) is 2.31. The Kier molecular flexibility index (Phi) is 4.02. The van der Waals surface area contributed by atoms with Crippen molar-refractivity contribution in [3.63, 3.8) is 0 Å². The third kappa shape index (κ3) is 2.97. The Morgan fingerprint density at radius 3 is 2.94 bits per heavy atom. The minimum absolute atomic E-state index is 0.0842. The van der Waals surface area contributed by atoms with Gasteiger partial charge in [0.25, 0.3) is 0 Å². The Morgan fingerprint density at radius 1 is 1.59 bits per heavy atom. The second-order valence-electron chi connectivity index (χ2n) is 4.55. The molecule has 1 aliphatic rings. The van der Waals surface area contributed by atoms with E-state index in [4.69, 9.17) is 16.3 Å². The third-order valence-electron chi connectivity index (χ3n) is 3.36. The zero-order chi connectivity index (χ0) is 12.4. The molecule has 0 spiro atoms. The molecule has 0 aliphatic carbocycles. The number of aliphatic hydroxyl groups is 1. The first kappa shape index (κ1) is 12.8. The van der Waals surface area contributed by atoms with Crippen LogP contribution in [0.4, 0.5) is 4.39 Å². The number of hydrogen-bond donors (Lipinski definition) is 1. The maximum Gasteiger partial charge on any atom is 0.141 e. The van der Waals surface area contributed by atoms with Gasteiger partial charge in [-0.3, -0.25) is 0 Å². The van der Waals surface area contributed by atoms with E-state index in [1.54, 1.807) is 12.1 Å². The quantitative estimate of drug-likeness (QED) is 0.903. The van der Waals surface area contributed by atoms with Crippen LogP contribution in [0.2, 0.25) is 5.02 Å². The molecule has 1 N–H and O–H groups in total. The highest BCUT2D eigenvalue weighted by Crippen LogP contribution is 2.26. The summed E-state index contributed by atoms with van der Waals surface area (Å²) in [5.74, 6) is -0.277. The van der Waals surface area contributed by atoms with Gasteiger partial charge in [-0.15, -0.1) is 0 Å². The summed E-state index contributed by atoms with van der Waals surface area (Å²) in [6.45, 7) is 2.67. The predicted molar refractivity (Wildman–Crippen MR) is 64.6 cm³/mol. The summed E-state index contributed by atoms with van der Waals surface area (Å²) in [4.78, 5) is 0. The largest absolute Gasteiger partial charge is 0.392 e. The topological polar surface area (TPSA) is 29.5 Å². The lowest BCUT2D eigenvalue weighted by molar-refractivity contribution is 0.0441. The highest BCUT2D eigenvalue weighted by atomic mass is 35.5. The van der Waals surface area contributed by atoms with Gasteiger partial charge in [0.15, 0.2) is 0 Å². The van der Waals surface area contributed by atoms with E-state index in [-0.39, 0.29) is 17.0 Å². The molecule has 0 saturated carbocycles. The van der Waals surface area contributed by atoms with Gasteiger partial charge in [0, 0.05) is 12.5 Å². The molecule has 1 aliphatic heterocycles. The molecule has 1 fully saturated rings. The summed E-state index contributed by atoms with van der Waals surface area (Å²) in [6.07, 6.45) is 0.977. The van der Waals surface area contributed by atoms with E-state index >= 15 is 0 Å². The molecule has 17 heavy (non-hydrogen) atoms. The highest BCUT2D eigenvalue weighted by molar-refractivity contribution is 6.30. The van der Waals surface area contributed by atoms with E-state index in [1.165, 1.54) is 6.07 Å². The zero-order valence-electron chi connectivity index (χ0n) is 9.70. The van der Waals surface area contributed by atoms with Crippen LogP contribution in [-0.4, -0.2) is 23.9 Å². The van der Waals surface area contributed by atoms with Gasteiger partial charge in [-0.1, -0.05) is 17.7 Å². The molecule has 2 nitrogen and oxygen atoms in total. The van der Waals surface area contributed by atoms with Crippen LogP contribution in [0.15, 0.2) is 18.2 Å². The van der Waals surface area contributed by atoms with Crippen molar-refractivity contribution in [3.8, 4) is 0 Å². The minimum Gasteiger partial charge on any atom is -0.392 e. The lowest BCUT2D eigenvalue weighted by atomic mass is 9.91. The first-order chi connectivity index (χ1) is 8.08. The monoisotopic (exact) mass is 258 g/mol. The standard InChI is InChI=1S/C13H16ClFO2/c1-8-10(4-5-17-8)13(16)7-9-2-3-12(15)11(14)6-9/h2-3,6,8,10,13,16H,4-5,7H2,1H3. The lowest BCUT2D eigenvalue weighted by Gasteiger charge is -2.21. The molecule has 1 aromatic rings. The first-order valence-electron chi connectivity index (χ1n) is 5.81. The molecule has 4 heteroatoms. The van der Waals surface area contributed by atoms with Crippen LogP contribution in [0, 0.1) is 11.7 Å². The molecular weight excluding hydrogens is 243 g/mol. The van der Waals surface area contributed by atoms with Crippen LogP contribution >= 0.6 is 11.6 Å². The second-order valence-corrected chi connectivity index (χ2v) is 4.96. The van der Waals surface area contributed by atoms with Gasteiger partial charge < -0.3 is 9.84 Å². The summed E-state index contributed by atoms with van der Waals surface area (Å²) in [6, 6.07) is 4.56. The van der Waals surface area contributed by atoms with E-state index in [9.17, 15) is 9.50 Å². The number of ether oxygens (including phenoxy) is 1. The SMILES string of the molecule is CC1OCCC1C(O)Cc1ccc(F)c(Cl)c1. The Labute approximate surface area is 105 Å². The van der Waals surface area contributed by atoms with Gasteiger partial charge in [0.2, 0.25) is 0 Å². The van der Waals surface area contributed by atoms with Gasteiger partial charge in [-0.05, 0) is 37.5 Å². The summed E-state index contributed by atoms with van der Waals surface area (Å²) >= 11 is 5.70. The van der Waals surface area contributed by atoms with Crippen molar-refractivity contribution in [2.75, 3.05) is 6.61 Å². The number of benzene rings is 1. The van der Waals surface area contributed by atoms with Crippen LogP contribution in [0.5, 0.6) is 0 Å². The van der Waals surface area contributed by atoms with E-state index in [0.717, 1.165) is 12.0 Å². The van der Waals surface area contributed by atoms with Crippen LogP contribution in [0.3, 0.4) is 0 Å². The Bertz CT molecular complexity index is 397. The zero-order valence-corrected chi connectivity index (χ0v) is 10.5. The van der Waals surface area contributed by atoms with Crippen molar-refractivity contribution in [2.45, 2.75) is 32.0 Å². The molecule has 2 rings (SSSR count). The van der Waals surface area contributed by atoms with Gasteiger partial charge >= 0.3 is 0 Å². The van der Waals surface area contributed by atoms with Crippen LogP contribution in [0.1, 0.15) is 18.9 Å². The van der Waals surface area contributed by atoms with E-state index in [2.05, 4.69) is 0 Å². The third-order valence-corrected chi connectivity index (χ3v) is 3.65. The van der Waals surface area contributed by atoms with Crippen molar-refractivity contribution < 1.29 is 14.2 Å². The number of aliphatic hydroxyl groups excluding tert-OH is 1. The highest BCUT2D eigenvalue weighted by Gasteiger charge is 2.30. The van der Waals surface area contributed by atoms with Crippen LogP contribution in [0.25, 0.3) is 0 Å². The maximum absolute atomic E-state index is 13.0. The molecule has 3 unspecified atom stereocenters. The maximum atomic E-state index is 13.0. The van der Waals surface area contributed by atoms with Gasteiger partial charge in [0.05, 0.1) is 17.2 Å². The molecule has 0 aromatic heterocycles. The number of rotatable bonds is 3. The van der Waals surface area contributed by atoms with E-state index < -0.39 is 11.9 Å². The van der Waals surface area contributed by atoms with Crippen molar-refractivity contribution in [2.24, 2.45) is 5.92 Å². The van der Waals surface area contributed by atoms with Crippen LogP contribution in [-0.2, 0) is 11.2 Å². The molecule has 1 heterocycles. The van der Waals surface area contributed by atoms with Crippen molar-refractivity contribution in [1.82, 2.24) is 0 Å². The fourth-order valence-corrected chi connectivity index (χ4v) is 2.52. The van der Waals surface area contributed by atoms with E-state index in [1.807, 2.05) is 6.92 Å². The molecule has 94 valence electrons. The average Bonchev–Trinajstić information content (AvgIpc) is 2.70. The van der Waals surface area contributed by atoms with Gasteiger partial charge in [-0.25, -0.2) is 4.39 Å². The lowest BCUT2D eigenvalue weighted by Crippen LogP contribution is -2.28. The van der Waals surface area contributed by atoms with E-state index in [0.29, 0.717) is 13.0 Å². The van der Waals surface area contributed by atoms with Gasteiger partial charge in [0.1, 0.15) is 5.82 Å². The summed E-state index contributed by atoms with van der Waals surface area (Å²) in [5.41, 5.74) is 0.850. The van der Waals surface area contributed by atoms with Gasteiger partial charge in [-0.2, -0.15) is 0 Å². The minimum atomic E-state index is -0.464. The second kappa shape index (κ2) is 5.34. The summed E-state index contributed by atoms with van der Waals surface area (Å²) in [7, 11) is 0. The molecular formula is C13H16ClFO2. The molecule has 0 radical (unpaired) electrons. The molecule has 3 atom stereocenters. The Morgan fingerprint density at radius 2 is 2.35 bits per heavy atom. The normalized spacial score (nSPS) is 26.1. The van der Waals surface area contributed by atoms with Crippen LogP contribution < -0.4 is 0 Å². The fraction of sp³-hybridized carbons (Fsp3) is 0.538. The molecule has 0 bridgehead atoms. The Hall–Kier alpha value is -0.640. The Balaban J connectivity index is 2.02. The predicted octanol–water partition coefficient (Wildman–Crippen LogP) is 2.81. The first-order valence-corrected chi connectivity index (χ1v) is 6.19.